The molecule has 2 heteroatoms. The zero-order valence-corrected chi connectivity index (χ0v) is 30.6. The number of hydrogen-bond donors (Lipinski definition) is 0. The molecule has 0 bridgehead atoms. The van der Waals surface area contributed by atoms with Crippen molar-refractivity contribution in [2.75, 3.05) is 4.90 Å². The van der Waals surface area contributed by atoms with Crippen LogP contribution in [0.15, 0.2) is 217 Å². The number of benzene rings is 10. The van der Waals surface area contributed by atoms with Gasteiger partial charge in [0.1, 0.15) is 11.2 Å². The van der Waals surface area contributed by atoms with Crippen LogP contribution in [0.2, 0.25) is 0 Å². The zero-order chi connectivity index (χ0) is 37.0. The van der Waals surface area contributed by atoms with Crippen LogP contribution in [-0.2, 0) is 0 Å². The van der Waals surface area contributed by atoms with Gasteiger partial charge in [0.25, 0.3) is 0 Å². The molecule has 11 aromatic rings. The predicted molar refractivity (Wildman–Crippen MR) is 237 cm³/mol. The van der Waals surface area contributed by atoms with E-state index in [0.29, 0.717) is 0 Å². The summed E-state index contributed by atoms with van der Waals surface area (Å²) in [6.45, 7) is 0. The number of fused-ring (bicyclic) bond motifs is 8. The molecule has 0 aliphatic heterocycles. The van der Waals surface area contributed by atoms with Gasteiger partial charge in [-0.05, 0) is 109 Å². The van der Waals surface area contributed by atoms with Crippen molar-refractivity contribution < 1.29 is 4.42 Å². The van der Waals surface area contributed by atoms with Crippen molar-refractivity contribution in [1.82, 2.24) is 0 Å². The van der Waals surface area contributed by atoms with E-state index in [1.807, 2.05) is 0 Å². The smallest absolute Gasteiger partial charge is 0.143 e. The van der Waals surface area contributed by atoms with Gasteiger partial charge in [-0.15, -0.1) is 0 Å². The van der Waals surface area contributed by atoms with Gasteiger partial charge in [0.05, 0.1) is 0 Å². The molecule has 10 aromatic carbocycles. The van der Waals surface area contributed by atoms with E-state index in [1.165, 1.54) is 49.2 Å². The van der Waals surface area contributed by atoms with Crippen LogP contribution < -0.4 is 4.90 Å². The van der Waals surface area contributed by atoms with Gasteiger partial charge in [-0.3, -0.25) is 0 Å². The van der Waals surface area contributed by atoms with E-state index in [-0.39, 0.29) is 0 Å². The quantitative estimate of drug-likeness (QED) is 0.160. The molecular weight excluding hydrogens is 679 g/mol. The summed E-state index contributed by atoms with van der Waals surface area (Å²) in [5.41, 5.74) is 12.2. The molecule has 0 atom stereocenters. The molecule has 0 aliphatic carbocycles. The van der Waals surface area contributed by atoms with Crippen molar-refractivity contribution in [1.29, 1.82) is 0 Å². The molecule has 1 aromatic heterocycles. The first-order valence-electron chi connectivity index (χ1n) is 19.2. The van der Waals surface area contributed by atoms with Crippen molar-refractivity contribution in [2.24, 2.45) is 0 Å². The average Bonchev–Trinajstić information content (AvgIpc) is 3.67. The molecule has 262 valence electrons. The van der Waals surface area contributed by atoms with Crippen LogP contribution in [0.5, 0.6) is 0 Å². The summed E-state index contributed by atoms with van der Waals surface area (Å²) in [4.78, 5) is 2.36. The molecule has 0 aliphatic rings. The average molecular weight is 714 g/mol. The summed E-state index contributed by atoms with van der Waals surface area (Å²) in [6.07, 6.45) is 0. The highest BCUT2D eigenvalue weighted by Gasteiger charge is 2.18. The van der Waals surface area contributed by atoms with Gasteiger partial charge in [0, 0.05) is 33.2 Å². The van der Waals surface area contributed by atoms with Gasteiger partial charge >= 0.3 is 0 Å². The summed E-state index contributed by atoms with van der Waals surface area (Å²) in [7, 11) is 0. The Balaban J connectivity index is 1.04. The summed E-state index contributed by atoms with van der Waals surface area (Å²) in [5.74, 6) is 0. The third-order valence-corrected chi connectivity index (χ3v) is 11.3. The summed E-state index contributed by atoms with van der Waals surface area (Å²) in [6, 6.07) is 76.4. The summed E-state index contributed by atoms with van der Waals surface area (Å²) in [5, 5.41) is 9.64. The van der Waals surface area contributed by atoms with Gasteiger partial charge in [0.2, 0.25) is 0 Å². The fourth-order valence-electron chi connectivity index (χ4n) is 8.57. The van der Waals surface area contributed by atoms with Gasteiger partial charge in [-0.25, -0.2) is 0 Å². The third-order valence-electron chi connectivity index (χ3n) is 11.3. The maximum atomic E-state index is 6.58. The predicted octanol–water partition coefficient (Wildman–Crippen LogP) is 15.5. The molecule has 0 spiro atoms. The highest BCUT2D eigenvalue weighted by Crippen LogP contribution is 2.43. The van der Waals surface area contributed by atoms with E-state index in [9.17, 15) is 0 Å². The molecule has 2 nitrogen and oxygen atoms in total. The second kappa shape index (κ2) is 13.2. The second-order valence-electron chi connectivity index (χ2n) is 14.5. The maximum Gasteiger partial charge on any atom is 0.143 e. The van der Waals surface area contributed by atoms with E-state index in [2.05, 4.69) is 217 Å². The molecule has 0 fully saturated rings. The number of nitrogens with zero attached hydrogens (tertiary/aromatic N) is 1. The van der Waals surface area contributed by atoms with Crippen LogP contribution in [0, 0.1) is 0 Å². The van der Waals surface area contributed by atoms with Gasteiger partial charge in [-0.2, -0.15) is 0 Å². The van der Waals surface area contributed by atoms with Crippen LogP contribution >= 0.6 is 0 Å². The fraction of sp³-hybridized carbons (Fsp3) is 0. The molecule has 56 heavy (non-hydrogen) atoms. The van der Waals surface area contributed by atoms with Gasteiger partial charge < -0.3 is 9.32 Å². The lowest BCUT2D eigenvalue weighted by molar-refractivity contribution is 0.673. The number of hydrogen-bond acceptors (Lipinski definition) is 2. The molecule has 0 radical (unpaired) electrons. The molecule has 0 N–H and O–H groups in total. The molecular formula is C54H35NO. The van der Waals surface area contributed by atoms with E-state index in [0.717, 1.165) is 55.5 Å². The highest BCUT2D eigenvalue weighted by atomic mass is 16.3. The molecule has 1 heterocycles. The lowest BCUT2D eigenvalue weighted by atomic mass is 9.94. The minimum absolute atomic E-state index is 0.893. The highest BCUT2D eigenvalue weighted by molar-refractivity contribution is 6.19. The van der Waals surface area contributed by atoms with Gasteiger partial charge in [0.15, 0.2) is 0 Å². The molecule has 0 saturated heterocycles. The first-order valence-corrected chi connectivity index (χ1v) is 19.2. The Morgan fingerprint density at radius 3 is 1.66 bits per heavy atom. The van der Waals surface area contributed by atoms with Crippen molar-refractivity contribution in [2.45, 2.75) is 0 Å². The van der Waals surface area contributed by atoms with Crippen LogP contribution in [0.25, 0.3) is 87.6 Å². The Morgan fingerprint density at radius 2 is 0.875 bits per heavy atom. The minimum Gasteiger partial charge on any atom is -0.455 e. The standard InChI is InChI=1S/C54H35NO/c1-2-11-36(12-3-1)37-23-29-42(30-24-37)55(43-31-25-40(26-32-43)46-19-9-21-49-45-17-6-4-13-38(45)27-33-50(46)49)44-16-8-15-41(35-44)47-20-10-22-52-53(47)51-34-28-39-14-5-7-18-48(39)54(51)56-52/h1-35H. The maximum absolute atomic E-state index is 6.58. The zero-order valence-electron chi connectivity index (χ0n) is 30.6. The van der Waals surface area contributed by atoms with E-state index >= 15 is 0 Å². The van der Waals surface area contributed by atoms with Crippen molar-refractivity contribution >= 4 is 71.3 Å². The number of rotatable bonds is 6. The molecule has 0 saturated carbocycles. The Hall–Kier alpha value is -7.42. The van der Waals surface area contributed by atoms with Crippen molar-refractivity contribution in [3.63, 3.8) is 0 Å². The monoisotopic (exact) mass is 713 g/mol. The Kier molecular flexibility index (Phi) is 7.53. The van der Waals surface area contributed by atoms with Crippen LogP contribution in [-0.4, -0.2) is 0 Å². The van der Waals surface area contributed by atoms with E-state index in [4.69, 9.17) is 4.42 Å². The van der Waals surface area contributed by atoms with Crippen molar-refractivity contribution in [3.8, 4) is 33.4 Å². The van der Waals surface area contributed by atoms with Crippen LogP contribution in [0.3, 0.4) is 0 Å². The lowest BCUT2D eigenvalue weighted by Crippen LogP contribution is -2.10. The normalized spacial score (nSPS) is 11.6. The summed E-state index contributed by atoms with van der Waals surface area (Å²) < 4.78 is 6.58. The van der Waals surface area contributed by atoms with Crippen LogP contribution in [0.4, 0.5) is 17.1 Å². The van der Waals surface area contributed by atoms with Crippen molar-refractivity contribution in [3.05, 3.63) is 212 Å². The first-order chi connectivity index (χ1) is 27.8. The Morgan fingerprint density at radius 1 is 0.304 bits per heavy atom. The SMILES string of the molecule is c1ccc(-c2ccc(N(c3ccc(-c4cccc5c4ccc4ccccc45)cc3)c3cccc(-c4cccc5oc6c7ccccc7ccc6c45)c3)cc2)cc1. The second-order valence-corrected chi connectivity index (χ2v) is 14.5. The first kappa shape index (κ1) is 32.0. The van der Waals surface area contributed by atoms with E-state index < -0.39 is 0 Å². The number of anilines is 3. The number of furan rings is 1. The molecule has 0 amide bonds. The minimum atomic E-state index is 0.893. The fourth-order valence-corrected chi connectivity index (χ4v) is 8.57. The largest absolute Gasteiger partial charge is 0.455 e. The van der Waals surface area contributed by atoms with Crippen LogP contribution in [0.1, 0.15) is 0 Å². The molecule has 11 rings (SSSR count). The Labute approximate surface area is 325 Å². The summed E-state index contributed by atoms with van der Waals surface area (Å²) >= 11 is 0. The van der Waals surface area contributed by atoms with E-state index in [1.54, 1.807) is 0 Å². The van der Waals surface area contributed by atoms with Gasteiger partial charge in [-0.1, -0.05) is 164 Å². The third kappa shape index (κ3) is 5.34. The lowest BCUT2D eigenvalue weighted by Gasteiger charge is -2.26. The topological polar surface area (TPSA) is 16.4 Å². The molecule has 0 unspecified atom stereocenters. The Bertz CT molecular complexity index is 3230.